The number of hydrogen-bond acceptors (Lipinski definition) is 3. The van der Waals surface area contributed by atoms with Gasteiger partial charge in [0.05, 0.1) is 0 Å². The van der Waals surface area contributed by atoms with E-state index in [1.54, 1.807) is 11.8 Å². The van der Waals surface area contributed by atoms with Crippen LogP contribution in [0.15, 0.2) is 46.9 Å². The molecule has 3 rings (SSSR count). The van der Waals surface area contributed by atoms with Crippen LogP contribution in [0.4, 0.5) is 17.1 Å². The first-order valence-corrected chi connectivity index (χ1v) is 8.97. The van der Waals surface area contributed by atoms with E-state index in [9.17, 15) is 9.59 Å². The van der Waals surface area contributed by atoms with Crippen molar-refractivity contribution in [2.24, 2.45) is 0 Å². The summed E-state index contributed by atoms with van der Waals surface area (Å²) in [5.74, 6) is -0.0464. The lowest BCUT2D eigenvalue weighted by atomic mass is 10.1. The van der Waals surface area contributed by atoms with Gasteiger partial charge in [-0.1, -0.05) is 15.9 Å². The monoisotopic (exact) mass is 401 g/mol. The van der Waals surface area contributed by atoms with Gasteiger partial charge < -0.3 is 15.5 Å². The number of anilines is 3. The molecule has 0 saturated carbocycles. The summed E-state index contributed by atoms with van der Waals surface area (Å²) in [7, 11) is 0. The number of fused-ring (bicyclic) bond motifs is 1. The Labute approximate surface area is 155 Å². The minimum absolute atomic E-state index is 0.0571. The first-order chi connectivity index (χ1) is 11.9. The van der Waals surface area contributed by atoms with Crippen molar-refractivity contribution in [3.8, 4) is 0 Å². The van der Waals surface area contributed by atoms with E-state index in [4.69, 9.17) is 0 Å². The van der Waals surface area contributed by atoms with Crippen LogP contribution >= 0.6 is 15.9 Å². The Balaban J connectivity index is 1.65. The van der Waals surface area contributed by atoms with E-state index in [0.29, 0.717) is 6.54 Å². The molecule has 1 atom stereocenters. The van der Waals surface area contributed by atoms with Gasteiger partial charge in [0.25, 0.3) is 0 Å². The van der Waals surface area contributed by atoms with Crippen molar-refractivity contribution < 1.29 is 9.59 Å². The average molecular weight is 402 g/mol. The van der Waals surface area contributed by atoms with Gasteiger partial charge in [0.1, 0.15) is 6.04 Å². The third-order valence-electron chi connectivity index (χ3n) is 4.24. The Kier molecular flexibility index (Phi) is 5.08. The van der Waals surface area contributed by atoms with Gasteiger partial charge in [0.15, 0.2) is 0 Å². The molecular weight excluding hydrogens is 382 g/mol. The van der Waals surface area contributed by atoms with E-state index < -0.39 is 0 Å². The molecule has 2 amide bonds. The van der Waals surface area contributed by atoms with Crippen molar-refractivity contribution >= 4 is 44.8 Å². The van der Waals surface area contributed by atoms with Crippen molar-refractivity contribution in [1.29, 1.82) is 0 Å². The van der Waals surface area contributed by atoms with Gasteiger partial charge in [-0.25, -0.2) is 0 Å². The lowest BCUT2D eigenvalue weighted by Gasteiger charge is -2.18. The standard InChI is InChI=1S/C19H20BrN3O2/c1-12(19(25)22-16-5-3-15(20)4-6-16)21-17-7-8-18-14(11-17)9-10-23(18)13(2)24/h3-8,11-12,21H,9-10H2,1-2H3,(H,22,25)/t12-/m1/s1. The number of amides is 2. The molecular formula is C19H20BrN3O2. The SMILES string of the molecule is CC(=O)N1CCc2cc(N[C@H](C)C(=O)Nc3ccc(Br)cc3)ccc21. The topological polar surface area (TPSA) is 61.4 Å². The lowest BCUT2D eigenvalue weighted by molar-refractivity contribution is -0.117. The lowest BCUT2D eigenvalue weighted by Crippen LogP contribution is -2.31. The van der Waals surface area contributed by atoms with E-state index in [1.807, 2.05) is 49.4 Å². The summed E-state index contributed by atoms with van der Waals surface area (Å²) in [5.41, 5.74) is 3.72. The molecule has 2 aromatic rings. The Bertz CT molecular complexity index is 805. The van der Waals surface area contributed by atoms with Gasteiger partial charge >= 0.3 is 0 Å². The fourth-order valence-corrected chi connectivity index (χ4v) is 3.18. The van der Waals surface area contributed by atoms with Crippen LogP contribution in [0, 0.1) is 0 Å². The van der Waals surface area contributed by atoms with Gasteiger partial charge in [-0.15, -0.1) is 0 Å². The maximum Gasteiger partial charge on any atom is 0.246 e. The smallest absolute Gasteiger partial charge is 0.246 e. The van der Waals surface area contributed by atoms with Crippen LogP contribution in [0.1, 0.15) is 19.4 Å². The minimum atomic E-state index is -0.382. The van der Waals surface area contributed by atoms with E-state index >= 15 is 0 Å². The molecule has 0 aromatic heterocycles. The normalized spacial score (nSPS) is 14.0. The predicted molar refractivity (Wildman–Crippen MR) is 104 cm³/mol. The van der Waals surface area contributed by atoms with Crippen LogP contribution in [0.5, 0.6) is 0 Å². The van der Waals surface area contributed by atoms with Crippen molar-refractivity contribution in [2.45, 2.75) is 26.3 Å². The Hall–Kier alpha value is -2.34. The summed E-state index contributed by atoms with van der Waals surface area (Å²) >= 11 is 3.37. The van der Waals surface area contributed by atoms with E-state index in [2.05, 4.69) is 26.6 Å². The first-order valence-electron chi connectivity index (χ1n) is 8.18. The summed E-state index contributed by atoms with van der Waals surface area (Å²) in [5, 5.41) is 6.11. The highest BCUT2D eigenvalue weighted by Gasteiger charge is 2.22. The first kappa shape index (κ1) is 17.5. The zero-order chi connectivity index (χ0) is 18.0. The molecule has 0 spiro atoms. The van der Waals surface area contributed by atoms with Crippen LogP contribution in [0.25, 0.3) is 0 Å². The molecule has 130 valence electrons. The van der Waals surface area contributed by atoms with Crippen LogP contribution in [0.2, 0.25) is 0 Å². The van der Waals surface area contributed by atoms with Crippen molar-refractivity contribution in [1.82, 2.24) is 0 Å². The second kappa shape index (κ2) is 7.27. The number of rotatable bonds is 4. The van der Waals surface area contributed by atoms with Crippen molar-refractivity contribution in [2.75, 3.05) is 22.1 Å². The Morgan fingerprint density at radius 1 is 1.12 bits per heavy atom. The van der Waals surface area contributed by atoms with E-state index in [0.717, 1.165) is 33.5 Å². The molecule has 1 heterocycles. The maximum absolute atomic E-state index is 12.3. The van der Waals surface area contributed by atoms with Gasteiger partial charge in [0, 0.05) is 35.0 Å². The molecule has 0 fully saturated rings. The zero-order valence-electron chi connectivity index (χ0n) is 14.2. The fourth-order valence-electron chi connectivity index (χ4n) is 2.92. The summed E-state index contributed by atoms with van der Waals surface area (Å²) in [6.07, 6.45) is 0.837. The second-order valence-corrected chi connectivity index (χ2v) is 7.04. The molecule has 25 heavy (non-hydrogen) atoms. The molecule has 2 aromatic carbocycles. The number of carbonyl (C=O) groups is 2. The highest BCUT2D eigenvalue weighted by atomic mass is 79.9. The summed E-state index contributed by atoms with van der Waals surface area (Å²) < 4.78 is 0.967. The molecule has 0 saturated heterocycles. The highest BCUT2D eigenvalue weighted by Crippen LogP contribution is 2.30. The summed E-state index contributed by atoms with van der Waals surface area (Å²) in [6, 6.07) is 12.9. The molecule has 1 aliphatic heterocycles. The Morgan fingerprint density at radius 3 is 2.48 bits per heavy atom. The van der Waals surface area contributed by atoms with Crippen molar-refractivity contribution in [3.05, 3.63) is 52.5 Å². The van der Waals surface area contributed by atoms with Crippen LogP contribution < -0.4 is 15.5 Å². The van der Waals surface area contributed by atoms with Crippen LogP contribution in [-0.2, 0) is 16.0 Å². The molecule has 1 aliphatic rings. The largest absolute Gasteiger partial charge is 0.374 e. The number of benzene rings is 2. The zero-order valence-corrected chi connectivity index (χ0v) is 15.8. The van der Waals surface area contributed by atoms with E-state index in [1.165, 1.54) is 0 Å². The fraction of sp³-hybridized carbons (Fsp3) is 0.263. The quantitative estimate of drug-likeness (QED) is 0.818. The second-order valence-electron chi connectivity index (χ2n) is 6.13. The van der Waals surface area contributed by atoms with E-state index in [-0.39, 0.29) is 17.9 Å². The maximum atomic E-state index is 12.3. The number of hydrogen-bond donors (Lipinski definition) is 2. The molecule has 6 heteroatoms. The van der Waals surface area contributed by atoms with Crippen molar-refractivity contribution in [3.63, 3.8) is 0 Å². The third-order valence-corrected chi connectivity index (χ3v) is 4.77. The third kappa shape index (κ3) is 4.02. The highest BCUT2D eigenvalue weighted by molar-refractivity contribution is 9.10. The molecule has 0 aliphatic carbocycles. The molecule has 5 nitrogen and oxygen atoms in total. The molecule has 0 radical (unpaired) electrons. The van der Waals surface area contributed by atoms with Gasteiger partial charge in [-0.2, -0.15) is 0 Å². The van der Waals surface area contributed by atoms with Gasteiger partial charge in [-0.3, -0.25) is 9.59 Å². The van der Waals surface area contributed by atoms with Crippen LogP contribution in [-0.4, -0.2) is 24.4 Å². The number of nitrogens with zero attached hydrogens (tertiary/aromatic N) is 1. The summed E-state index contributed by atoms with van der Waals surface area (Å²) in [4.78, 5) is 25.7. The van der Waals surface area contributed by atoms with Crippen LogP contribution in [0.3, 0.4) is 0 Å². The predicted octanol–water partition coefficient (Wildman–Crippen LogP) is 3.80. The molecule has 0 unspecified atom stereocenters. The molecule has 0 bridgehead atoms. The average Bonchev–Trinajstić information content (AvgIpc) is 3.00. The number of halogens is 1. The minimum Gasteiger partial charge on any atom is -0.374 e. The number of nitrogens with one attached hydrogen (secondary N) is 2. The number of carbonyl (C=O) groups excluding carboxylic acids is 2. The molecule has 2 N–H and O–H groups in total. The summed E-state index contributed by atoms with van der Waals surface area (Å²) in [6.45, 7) is 4.12. The van der Waals surface area contributed by atoms with Gasteiger partial charge in [-0.05, 0) is 61.4 Å². The van der Waals surface area contributed by atoms with Gasteiger partial charge in [0.2, 0.25) is 11.8 Å². The Morgan fingerprint density at radius 2 is 1.80 bits per heavy atom.